The van der Waals surface area contributed by atoms with E-state index in [2.05, 4.69) is 10.1 Å². The van der Waals surface area contributed by atoms with E-state index in [1.807, 2.05) is 5.38 Å². The first kappa shape index (κ1) is 8.75. The third kappa shape index (κ3) is 2.07. The van der Waals surface area contributed by atoms with Crippen LogP contribution in [-0.2, 0) is 6.54 Å². The van der Waals surface area contributed by atoms with Crippen molar-refractivity contribution in [3.63, 3.8) is 0 Å². The Balaban J connectivity index is 2.53. The van der Waals surface area contributed by atoms with Crippen LogP contribution in [-0.4, -0.2) is 16.0 Å². The number of aromatic nitrogens is 1. The number of nitrogens with two attached hydrogens (primary N) is 3. The minimum atomic E-state index is 0.0881. The van der Waals surface area contributed by atoms with Crippen LogP contribution in [0, 0.1) is 0 Å². The number of thiazole rings is 1. The lowest BCUT2D eigenvalue weighted by molar-refractivity contribution is 0.426. The molecular weight excluding hydrogens is 176 g/mol. The summed E-state index contributed by atoms with van der Waals surface area (Å²) in [5.41, 5.74) is 5.34. The van der Waals surface area contributed by atoms with Crippen molar-refractivity contribution in [2.75, 3.05) is 0 Å². The maximum Gasteiger partial charge on any atom is 0.228 e. The van der Waals surface area contributed by atoms with Gasteiger partial charge in [0.1, 0.15) is 5.01 Å². The quantitative estimate of drug-likeness (QED) is 0.238. The molecule has 7 heteroatoms. The van der Waals surface area contributed by atoms with Crippen LogP contribution in [0.1, 0.15) is 5.01 Å². The van der Waals surface area contributed by atoms with E-state index in [4.69, 9.17) is 17.4 Å². The summed E-state index contributed by atoms with van der Waals surface area (Å²) in [6.07, 6.45) is 1.70. The van der Waals surface area contributed by atoms with E-state index >= 15 is 0 Å². The maximum atomic E-state index is 5.48. The van der Waals surface area contributed by atoms with Crippen LogP contribution in [0.25, 0.3) is 0 Å². The normalized spacial score (nSPS) is 11.6. The second-order valence-electron chi connectivity index (χ2n) is 2.04. The Hall–Kier alpha value is -1.34. The number of hydrazone groups is 1. The number of guanidine groups is 1. The molecule has 0 saturated carbocycles. The summed E-state index contributed by atoms with van der Waals surface area (Å²) in [5.74, 6) is 10.5. The predicted octanol–water partition coefficient (Wildman–Crippen LogP) is -0.993. The number of hydrazine groups is 1. The second kappa shape index (κ2) is 3.88. The third-order valence-corrected chi connectivity index (χ3v) is 1.98. The highest BCUT2D eigenvalue weighted by Gasteiger charge is 2.04. The Morgan fingerprint density at radius 3 is 3.00 bits per heavy atom. The molecule has 0 aliphatic heterocycles. The lowest BCUT2D eigenvalue weighted by Crippen LogP contribution is -2.42. The molecule has 0 bridgehead atoms. The van der Waals surface area contributed by atoms with Crippen molar-refractivity contribution in [2.45, 2.75) is 6.54 Å². The van der Waals surface area contributed by atoms with Crippen LogP contribution in [0.4, 0.5) is 0 Å². The summed E-state index contributed by atoms with van der Waals surface area (Å²) in [7, 11) is 0. The zero-order valence-electron chi connectivity index (χ0n) is 6.34. The summed E-state index contributed by atoms with van der Waals surface area (Å²) in [4.78, 5) is 4.02. The molecule has 6 N–H and O–H groups in total. The van der Waals surface area contributed by atoms with Gasteiger partial charge in [-0.05, 0) is 0 Å². The summed E-state index contributed by atoms with van der Waals surface area (Å²) >= 11 is 1.49. The monoisotopic (exact) mass is 186 g/mol. The van der Waals surface area contributed by atoms with Crippen LogP contribution in [0.2, 0.25) is 0 Å². The van der Waals surface area contributed by atoms with Gasteiger partial charge in [-0.1, -0.05) is 0 Å². The second-order valence-corrected chi connectivity index (χ2v) is 3.02. The van der Waals surface area contributed by atoms with Crippen molar-refractivity contribution < 1.29 is 0 Å². The molecular formula is C5H10N6S. The molecule has 0 unspecified atom stereocenters. The highest BCUT2D eigenvalue weighted by atomic mass is 32.1. The minimum absolute atomic E-state index is 0.0881. The number of hydrogen-bond donors (Lipinski definition) is 3. The Morgan fingerprint density at radius 1 is 1.75 bits per heavy atom. The molecule has 0 atom stereocenters. The van der Waals surface area contributed by atoms with E-state index in [-0.39, 0.29) is 5.96 Å². The lowest BCUT2D eigenvalue weighted by atomic mass is 10.6. The van der Waals surface area contributed by atoms with Crippen molar-refractivity contribution >= 4 is 17.3 Å². The zero-order chi connectivity index (χ0) is 8.97. The smallest absolute Gasteiger partial charge is 0.228 e. The fourth-order valence-corrected chi connectivity index (χ4v) is 1.25. The van der Waals surface area contributed by atoms with Gasteiger partial charge in [-0.25, -0.2) is 10.8 Å². The molecule has 6 nitrogen and oxygen atoms in total. The van der Waals surface area contributed by atoms with Gasteiger partial charge in [0.25, 0.3) is 0 Å². The summed E-state index contributed by atoms with van der Waals surface area (Å²) in [6, 6.07) is 0. The Labute approximate surface area is 73.6 Å². The molecule has 0 spiro atoms. The topological polar surface area (TPSA) is 107 Å². The van der Waals surface area contributed by atoms with Crippen LogP contribution in [0.5, 0.6) is 0 Å². The summed E-state index contributed by atoms with van der Waals surface area (Å²) < 4.78 is 0. The van der Waals surface area contributed by atoms with Crippen LogP contribution >= 0.6 is 11.3 Å². The minimum Gasteiger partial charge on any atom is -0.367 e. The highest BCUT2D eigenvalue weighted by molar-refractivity contribution is 7.09. The SMILES string of the molecule is N/N=C(/N)N(N)Cc1nccs1. The summed E-state index contributed by atoms with van der Waals surface area (Å²) in [6.45, 7) is 0.421. The molecule has 1 aromatic heterocycles. The molecule has 0 aromatic carbocycles. The van der Waals surface area contributed by atoms with Crippen molar-refractivity contribution in [1.29, 1.82) is 0 Å². The van der Waals surface area contributed by atoms with Gasteiger partial charge < -0.3 is 11.6 Å². The Morgan fingerprint density at radius 2 is 2.50 bits per heavy atom. The van der Waals surface area contributed by atoms with Crippen LogP contribution < -0.4 is 17.4 Å². The fourth-order valence-electron chi connectivity index (χ4n) is 0.632. The fraction of sp³-hybridized carbons (Fsp3) is 0.200. The summed E-state index contributed by atoms with van der Waals surface area (Å²) in [5, 5.41) is 7.20. The van der Waals surface area contributed by atoms with E-state index in [1.165, 1.54) is 16.3 Å². The van der Waals surface area contributed by atoms with Gasteiger partial charge in [0, 0.05) is 11.6 Å². The first-order chi connectivity index (χ1) is 5.74. The number of hydrogen-bond acceptors (Lipinski definition) is 5. The van der Waals surface area contributed by atoms with Crippen molar-refractivity contribution in [2.24, 2.45) is 22.5 Å². The van der Waals surface area contributed by atoms with Gasteiger partial charge in [-0.3, -0.25) is 5.01 Å². The van der Waals surface area contributed by atoms with Crippen molar-refractivity contribution in [1.82, 2.24) is 9.99 Å². The molecule has 0 amide bonds. The molecule has 1 aromatic rings. The van der Waals surface area contributed by atoms with Gasteiger partial charge in [0.05, 0.1) is 6.54 Å². The molecule has 1 rings (SSSR count). The van der Waals surface area contributed by atoms with Gasteiger partial charge in [0.2, 0.25) is 5.96 Å². The van der Waals surface area contributed by atoms with Gasteiger partial charge >= 0.3 is 0 Å². The molecule has 0 aliphatic carbocycles. The molecule has 12 heavy (non-hydrogen) atoms. The first-order valence-corrected chi connectivity index (χ1v) is 4.06. The highest BCUT2D eigenvalue weighted by Crippen LogP contribution is 2.04. The van der Waals surface area contributed by atoms with E-state index in [0.717, 1.165) is 5.01 Å². The Bertz CT molecular complexity index is 255. The van der Waals surface area contributed by atoms with Gasteiger partial charge in [-0.15, -0.1) is 16.4 Å². The van der Waals surface area contributed by atoms with Crippen LogP contribution in [0.3, 0.4) is 0 Å². The molecule has 0 aliphatic rings. The van der Waals surface area contributed by atoms with Crippen molar-refractivity contribution in [3.8, 4) is 0 Å². The van der Waals surface area contributed by atoms with E-state index in [1.54, 1.807) is 6.20 Å². The number of nitrogens with zero attached hydrogens (tertiary/aromatic N) is 3. The molecule has 0 radical (unpaired) electrons. The zero-order valence-corrected chi connectivity index (χ0v) is 7.16. The van der Waals surface area contributed by atoms with Crippen molar-refractivity contribution in [3.05, 3.63) is 16.6 Å². The average molecular weight is 186 g/mol. The molecule has 1 heterocycles. The maximum absolute atomic E-state index is 5.48. The molecule has 66 valence electrons. The van der Waals surface area contributed by atoms with Crippen LogP contribution in [0.15, 0.2) is 16.7 Å². The van der Waals surface area contributed by atoms with Gasteiger partial charge in [-0.2, -0.15) is 0 Å². The van der Waals surface area contributed by atoms with Gasteiger partial charge in [0.15, 0.2) is 0 Å². The van der Waals surface area contributed by atoms with E-state index < -0.39 is 0 Å². The largest absolute Gasteiger partial charge is 0.367 e. The Kier molecular flexibility index (Phi) is 2.83. The van der Waals surface area contributed by atoms with E-state index in [9.17, 15) is 0 Å². The predicted molar refractivity (Wildman–Crippen MR) is 47.7 cm³/mol. The molecule has 0 saturated heterocycles. The number of rotatable bonds is 2. The third-order valence-electron chi connectivity index (χ3n) is 1.22. The first-order valence-electron chi connectivity index (χ1n) is 3.18. The van der Waals surface area contributed by atoms with E-state index in [0.29, 0.717) is 6.54 Å². The standard InChI is InChI=1S/C5H10N6S/c6-5(10-7)11(8)3-4-9-1-2-12-4/h1-2H,3,7-8H2,(H2,6,10). The molecule has 0 fully saturated rings. The lowest BCUT2D eigenvalue weighted by Gasteiger charge is -2.14. The average Bonchev–Trinajstić information content (AvgIpc) is 2.55.